The second kappa shape index (κ2) is 6.15. The van der Waals surface area contributed by atoms with Gasteiger partial charge in [-0.1, -0.05) is 30.3 Å². The number of nitrogens with zero attached hydrogens (tertiary/aromatic N) is 1. The molecule has 0 aliphatic carbocycles. The molecule has 3 rings (SSSR count). The van der Waals surface area contributed by atoms with E-state index in [0.29, 0.717) is 4.88 Å². The lowest BCUT2D eigenvalue weighted by Gasteiger charge is -2.10. The van der Waals surface area contributed by atoms with Crippen molar-refractivity contribution >= 4 is 17.2 Å². The Kier molecular flexibility index (Phi) is 4.06. The molecule has 2 heterocycles. The smallest absolute Gasteiger partial charge is 0.263 e. The van der Waals surface area contributed by atoms with Gasteiger partial charge in [0.25, 0.3) is 5.91 Å². The van der Waals surface area contributed by atoms with Gasteiger partial charge >= 0.3 is 0 Å². The van der Waals surface area contributed by atoms with E-state index >= 15 is 0 Å². The maximum absolute atomic E-state index is 12.4. The van der Waals surface area contributed by atoms with Gasteiger partial charge in [0.2, 0.25) is 0 Å². The van der Waals surface area contributed by atoms with Gasteiger partial charge < -0.3 is 9.73 Å². The quantitative estimate of drug-likeness (QED) is 0.785. The minimum Gasteiger partial charge on any atom is -0.467 e. The number of carbonyl (C=O) groups excluding carboxylic acids is 1. The Morgan fingerprint density at radius 1 is 1.23 bits per heavy atom. The molecule has 0 unspecified atom stereocenters. The summed E-state index contributed by atoms with van der Waals surface area (Å²) in [6.07, 6.45) is 1.60. The molecular formula is C17H16N2O2S. The number of hydrogen-bond acceptors (Lipinski definition) is 4. The van der Waals surface area contributed by atoms with Gasteiger partial charge in [0.15, 0.2) is 0 Å². The topological polar surface area (TPSA) is 55.1 Å². The van der Waals surface area contributed by atoms with Crippen LogP contribution in [0.2, 0.25) is 0 Å². The van der Waals surface area contributed by atoms with Crippen LogP contribution in [0.1, 0.15) is 34.1 Å². The van der Waals surface area contributed by atoms with Crippen molar-refractivity contribution in [2.45, 2.75) is 19.9 Å². The molecule has 0 spiro atoms. The molecule has 0 radical (unpaired) electrons. The summed E-state index contributed by atoms with van der Waals surface area (Å²) in [5.74, 6) is 0.611. The molecule has 1 aromatic carbocycles. The molecule has 5 heteroatoms. The molecule has 1 atom stereocenters. The molecule has 4 nitrogen and oxygen atoms in total. The molecule has 112 valence electrons. The Balaban J connectivity index is 1.80. The maximum atomic E-state index is 12.4. The first-order chi connectivity index (χ1) is 10.6. The van der Waals surface area contributed by atoms with Gasteiger partial charge in [-0.05, 0) is 26.0 Å². The lowest BCUT2D eigenvalue weighted by Crippen LogP contribution is -2.26. The zero-order valence-electron chi connectivity index (χ0n) is 12.4. The zero-order chi connectivity index (χ0) is 15.5. The van der Waals surface area contributed by atoms with Crippen LogP contribution in [0.25, 0.3) is 10.6 Å². The summed E-state index contributed by atoms with van der Waals surface area (Å²) in [5.41, 5.74) is 1.77. The van der Waals surface area contributed by atoms with Crippen LogP contribution in [0.4, 0.5) is 0 Å². The number of thiazole rings is 1. The Morgan fingerprint density at radius 3 is 2.68 bits per heavy atom. The van der Waals surface area contributed by atoms with Gasteiger partial charge in [0.1, 0.15) is 15.6 Å². The van der Waals surface area contributed by atoms with E-state index in [1.807, 2.05) is 56.3 Å². The first-order valence-electron chi connectivity index (χ1n) is 7.02. The second-order valence-corrected chi connectivity index (χ2v) is 6.01. The van der Waals surface area contributed by atoms with E-state index in [4.69, 9.17) is 4.42 Å². The van der Waals surface area contributed by atoms with Gasteiger partial charge in [-0.3, -0.25) is 4.79 Å². The number of rotatable bonds is 4. The highest BCUT2D eigenvalue weighted by Crippen LogP contribution is 2.28. The van der Waals surface area contributed by atoms with Gasteiger partial charge in [-0.15, -0.1) is 11.3 Å². The van der Waals surface area contributed by atoms with Crippen molar-refractivity contribution in [3.05, 3.63) is 65.1 Å². The predicted molar refractivity (Wildman–Crippen MR) is 86.9 cm³/mol. The highest BCUT2D eigenvalue weighted by molar-refractivity contribution is 7.17. The summed E-state index contributed by atoms with van der Waals surface area (Å²) >= 11 is 1.41. The molecule has 0 aliphatic rings. The Morgan fingerprint density at radius 2 is 2.00 bits per heavy atom. The van der Waals surface area contributed by atoms with Crippen LogP contribution in [0, 0.1) is 6.92 Å². The first kappa shape index (κ1) is 14.5. The lowest BCUT2D eigenvalue weighted by molar-refractivity contribution is 0.0938. The summed E-state index contributed by atoms with van der Waals surface area (Å²) in [4.78, 5) is 17.6. The fourth-order valence-electron chi connectivity index (χ4n) is 2.18. The van der Waals surface area contributed by atoms with Crippen LogP contribution in [-0.4, -0.2) is 10.9 Å². The molecule has 2 aromatic heterocycles. The molecule has 0 bridgehead atoms. The number of carbonyl (C=O) groups is 1. The van der Waals surface area contributed by atoms with E-state index in [2.05, 4.69) is 10.3 Å². The minimum absolute atomic E-state index is 0.124. The molecule has 22 heavy (non-hydrogen) atoms. The van der Waals surface area contributed by atoms with Crippen LogP contribution in [0.3, 0.4) is 0 Å². The van der Waals surface area contributed by atoms with Gasteiger partial charge in [0, 0.05) is 5.56 Å². The number of nitrogens with one attached hydrogen (secondary N) is 1. The van der Waals surface area contributed by atoms with E-state index in [1.165, 1.54) is 11.3 Å². The number of benzene rings is 1. The summed E-state index contributed by atoms with van der Waals surface area (Å²) in [6, 6.07) is 13.3. The molecule has 1 amide bonds. The molecule has 3 aromatic rings. The van der Waals surface area contributed by atoms with Crippen molar-refractivity contribution in [2.75, 3.05) is 0 Å². The number of hydrogen-bond donors (Lipinski definition) is 1. The van der Waals surface area contributed by atoms with E-state index in [1.54, 1.807) is 6.26 Å². The standard InChI is InChI=1S/C17H16N2O2S/c1-11(14-9-6-10-21-14)18-16(20)15-12(2)19-17(22-15)13-7-4-3-5-8-13/h3-11H,1-2H3,(H,18,20)/t11-/m0/s1. The summed E-state index contributed by atoms with van der Waals surface area (Å²) in [6.45, 7) is 3.75. The van der Waals surface area contributed by atoms with Crippen molar-refractivity contribution in [3.63, 3.8) is 0 Å². The fraction of sp³-hybridized carbons (Fsp3) is 0.176. The molecule has 0 saturated heterocycles. The Bertz CT molecular complexity index is 763. The number of aromatic nitrogens is 1. The van der Waals surface area contributed by atoms with Crippen molar-refractivity contribution in [1.82, 2.24) is 10.3 Å². The molecule has 0 fully saturated rings. The third-order valence-corrected chi connectivity index (χ3v) is 4.55. The Labute approximate surface area is 132 Å². The van der Waals surface area contributed by atoms with Gasteiger partial charge in [0.05, 0.1) is 18.0 Å². The Hall–Kier alpha value is -2.40. The van der Waals surface area contributed by atoms with E-state index in [9.17, 15) is 4.79 Å². The molecule has 1 N–H and O–H groups in total. The third kappa shape index (κ3) is 2.94. The summed E-state index contributed by atoms with van der Waals surface area (Å²) < 4.78 is 5.31. The molecular weight excluding hydrogens is 296 g/mol. The highest BCUT2D eigenvalue weighted by atomic mass is 32.1. The van der Waals surface area contributed by atoms with Crippen LogP contribution < -0.4 is 5.32 Å². The largest absolute Gasteiger partial charge is 0.467 e. The van der Waals surface area contributed by atoms with Gasteiger partial charge in [-0.25, -0.2) is 4.98 Å². The third-order valence-electron chi connectivity index (χ3n) is 3.34. The van der Waals surface area contributed by atoms with Gasteiger partial charge in [-0.2, -0.15) is 0 Å². The average molecular weight is 312 g/mol. The minimum atomic E-state index is -0.177. The molecule has 0 aliphatic heterocycles. The van der Waals surface area contributed by atoms with Crippen LogP contribution in [0.5, 0.6) is 0 Å². The summed E-state index contributed by atoms with van der Waals surface area (Å²) in [5, 5.41) is 3.80. The SMILES string of the molecule is Cc1nc(-c2ccccc2)sc1C(=O)N[C@@H](C)c1ccco1. The van der Waals surface area contributed by atoms with E-state index in [0.717, 1.165) is 22.0 Å². The van der Waals surface area contributed by atoms with Crippen LogP contribution >= 0.6 is 11.3 Å². The van der Waals surface area contributed by atoms with Crippen molar-refractivity contribution in [2.24, 2.45) is 0 Å². The fourth-order valence-corrected chi connectivity index (χ4v) is 3.16. The van der Waals surface area contributed by atoms with E-state index in [-0.39, 0.29) is 11.9 Å². The van der Waals surface area contributed by atoms with Crippen LogP contribution in [0.15, 0.2) is 53.1 Å². The number of amides is 1. The maximum Gasteiger partial charge on any atom is 0.263 e. The van der Waals surface area contributed by atoms with Crippen molar-refractivity contribution in [3.8, 4) is 10.6 Å². The lowest BCUT2D eigenvalue weighted by atomic mass is 10.2. The monoisotopic (exact) mass is 312 g/mol. The zero-order valence-corrected chi connectivity index (χ0v) is 13.2. The number of aryl methyl sites for hydroxylation is 1. The first-order valence-corrected chi connectivity index (χ1v) is 7.84. The number of furan rings is 1. The second-order valence-electron chi connectivity index (χ2n) is 5.01. The average Bonchev–Trinajstić information content (AvgIpc) is 3.17. The summed E-state index contributed by atoms with van der Waals surface area (Å²) in [7, 11) is 0. The van der Waals surface area contributed by atoms with Crippen molar-refractivity contribution < 1.29 is 9.21 Å². The normalized spacial score (nSPS) is 12.1. The van der Waals surface area contributed by atoms with Crippen molar-refractivity contribution in [1.29, 1.82) is 0 Å². The molecule has 0 saturated carbocycles. The predicted octanol–water partition coefficient (Wildman–Crippen LogP) is 4.20. The van der Waals surface area contributed by atoms with E-state index < -0.39 is 0 Å². The van der Waals surface area contributed by atoms with Crippen LogP contribution in [-0.2, 0) is 0 Å². The highest BCUT2D eigenvalue weighted by Gasteiger charge is 2.19.